The average molecular weight is 748 g/mol. The molecule has 3 aliphatic rings. The van der Waals surface area contributed by atoms with Crippen LogP contribution in [0.2, 0.25) is 0 Å². The normalized spacial score (nSPS) is 21.2. The van der Waals surface area contributed by atoms with Gasteiger partial charge in [0.15, 0.2) is 11.6 Å². The van der Waals surface area contributed by atoms with Crippen LogP contribution in [0.25, 0.3) is 10.4 Å². The molecule has 3 aromatic rings. The van der Waals surface area contributed by atoms with Crippen LogP contribution in [0.1, 0.15) is 96.2 Å². The molecule has 5 heterocycles. The van der Waals surface area contributed by atoms with Gasteiger partial charge >= 0.3 is 6.09 Å². The molecule has 3 fully saturated rings. The number of hydrogen-bond acceptors (Lipinski definition) is 10. The van der Waals surface area contributed by atoms with E-state index in [1.807, 2.05) is 77.1 Å². The molecule has 0 bridgehead atoms. The number of piperidine rings is 1. The Balaban J connectivity index is 1.02. The third kappa shape index (κ3) is 9.40. The summed E-state index contributed by atoms with van der Waals surface area (Å²) in [6.45, 7) is 20.1. The molecule has 0 aliphatic carbocycles. The van der Waals surface area contributed by atoms with E-state index in [-0.39, 0.29) is 29.9 Å². The number of aromatic nitrogens is 2. The van der Waals surface area contributed by atoms with Gasteiger partial charge in [0.2, 0.25) is 11.8 Å². The Morgan fingerprint density at radius 1 is 1.00 bits per heavy atom. The molecular formula is C40H57N7O5S. The van der Waals surface area contributed by atoms with E-state index in [0.29, 0.717) is 24.6 Å². The summed E-state index contributed by atoms with van der Waals surface area (Å²) in [5, 5.41) is 7.60. The van der Waals surface area contributed by atoms with Gasteiger partial charge in [-0.05, 0) is 83.3 Å². The smallest absolute Gasteiger partial charge is 0.410 e. The lowest BCUT2D eigenvalue weighted by atomic mass is 9.91. The molecule has 0 radical (unpaired) electrons. The zero-order chi connectivity index (χ0) is 37.9. The third-order valence-electron chi connectivity index (χ3n) is 10.8. The Kier molecular flexibility index (Phi) is 12.1. The predicted molar refractivity (Wildman–Crippen MR) is 207 cm³/mol. The zero-order valence-corrected chi connectivity index (χ0v) is 33.3. The molecule has 53 heavy (non-hydrogen) atoms. The van der Waals surface area contributed by atoms with E-state index in [1.54, 1.807) is 16.2 Å². The summed E-state index contributed by atoms with van der Waals surface area (Å²) in [4.78, 5) is 54.3. The minimum Gasteiger partial charge on any atom is -0.444 e. The zero-order valence-electron chi connectivity index (χ0n) is 32.5. The highest BCUT2D eigenvalue weighted by molar-refractivity contribution is 7.13. The van der Waals surface area contributed by atoms with Gasteiger partial charge in [-0.25, -0.2) is 9.78 Å². The van der Waals surface area contributed by atoms with Crippen LogP contribution in [0.15, 0.2) is 40.4 Å². The average Bonchev–Trinajstić information content (AvgIpc) is 3.90. The fraction of sp³-hybridized carbons (Fsp3) is 0.625. The Bertz CT molecular complexity index is 1710. The van der Waals surface area contributed by atoms with Crippen molar-refractivity contribution in [3.05, 3.63) is 52.9 Å². The molecule has 0 unspecified atom stereocenters. The summed E-state index contributed by atoms with van der Waals surface area (Å²) in [6, 6.07) is 9.43. The Hall–Kier alpha value is -3.97. The summed E-state index contributed by atoms with van der Waals surface area (Å²) in [5.74, 6) is 0.912. The number of anilines is 1. The van der Waals surface area contributed by atoms with E-state index in [0.717, 1.165) is 92.6 Å². The number of nitrogens with zero attached hydrogens (tertiary/aromatic N) is 6. The molecular weight excluding hydrogens is 691 g/mol. The lowest BCUT2D eigenvalue weighted by molar-refractivity contribution is -0.141. The number of amides is 3. The van der Waals surface area contributed by atoms with Gasteiger partial charge in [-0.3, -0.25) is 14.5 Å². The SMILES string of the molecule is Cc1ncsc1-c1ccc([C@H](C)NC(=O)[C@@H]2CCCN2C(=O)[C@@H](c2cc(N3CCN(C[C@@H]4CCCN(C(=O)OC(C)(C)C)C4)CC3)no2)C(C)C)cc1. The number of hydrogen-bond donors (Lipinski definition) is 1. The van der Waals surface area contributed by atoms with Gasteiger partial charge < -0.3 is 29.3 Å². The van der Waals surface area contributed by atoms with Gasteiger partial charge in [0.1, 0.15) is 17.6 Å². The maximum atomic E-state index is 14.2. The number of carbonyl (C=O) groups excluding carboxylic acids is 3. The van der Waals surface area contributed by atoms with Gasteiger partial charge in [-0.2, -0.15) is 0 Å². The van der Waals surface area contributed by atoms with Crippen molar-refractivity contribution in [1.82, 2.24) is 30.2 Å². The molecule has 3 amide bonds. The molecule has 2 aromatic heterocycles. The summed E-state index contributed by atoms with van der Waals surface area (Å²) >= 11 is 1.62. The van der Waals surface area contributed by atoms with Crippen molar-refractivity contribution in [2.24, 2.45) is 11.8 Å². The number of carbonyl (C=O) groups is 3. The highest BCUT2D eigenvalue weighted by Crippen LogP contribution is 2.34. The topological polar surface area (TPSA) is 124 Å². The summed E-state index contributed by atoms with van der Waals surface area (Å²) in [6.07, 6.45) is 3.29. The van der Waals surface area contributed by atoms with Crippen molar-refractivity contribution in [2.45, 2.75) is 97.8 Å². The van der Waals surface area contributed by atoms with Gasteiger partial charge in [0, 0.05) is 58.4 Å². The van der Waals surface area contributed by atoms with Crippen molar-refractivity contribution < 1.29 is 23.6 Å². The first-order chi connectivity index (χ1) is 25.3. The monoisotopic (exact) mass is 747 g/mol. The highest BCUT2D eigenvalue weighted by atomic mass is 32.1. The first-order valence-corrected chi connectivity index (χ1v) is 20.2. The first-order valence-electron chi connectivity index (χ1n) is 19.3. The second-order valence-corrected chi connectivity index (χ2v) is 17.2. The van der Waals surface area contributed by atoms with E-state index < -0.39 is 17.6 Å². The van der Waals surface area contributed by atoms with Crippen molar-refractivity contribution in [2.75, 3.05) is 57.3 Å². The molecule has 0 spiro atoms. The first kappa shape index (κ1) is 38.7. The Morgan fingerprint density at radius 3 is 2.38 bits per heavy atom. The third-order valence-corrected chi connectivity index (χ3v) is 11.7. The van der Waals surface area contributed by atoms with E-state index in [4.69, 9.17) is 9.26 Å². The van der Waals surface area contributed by atoms with Crippen LogP contribution >= 0.6 is 11.3 Å². The number of nitrogens with one attached hydrogen (secondary N) is 1. The number of piperazine rings is 1. The maximum Gasteiger partial charge on any atom is 0.410 e. The molecule has 1 N–H and O–H groups in total. The van der Waals surface area contributed by atoms with E-state index in [1.165, 1.54) is 0 Å². The van der Waals surface area contributed by atoms with Crippen LogP contribution in [0.5, 0.6) is 0 Å². The van der Waals surface area contributed by atoms with Crippen LogP contribution in [0, 0.1) is 18.8 Å². The summed E-state index contributed by atoms with van der Waals surface area (Å²) in [5.41, 5.74) is 4.49. The molecule has 1 aromatic carbocycles. The number of benzene rings is 1. The van der Waals surface area contributed by atoms with E-state index >= 15 is 0 Å². The lowest BCUT2D eigenvalue weighted by Gasteiger charge is -2.39. The number of rotatable bonds is 10. The lowest BCUT2D eigenvalue weighted by Crippen LogP contribution is -2.50. The fourth-order valence-electron chi connectivity index (χ4n) is 7.92. The molecule has 3 saturated heterocycles. The minimum atomic E-state index is -0.537. The van der Waals surface area contributed by atoms with E-state index in [9.17, 15) is 14.4 Å². The predicted octanol–water partition coefficient (Wildman–Crippen LogP) is 6.48. The molecule has 288 valence electrons. The van der Waals surface area contributed by atoms with Crippen LogP contribution in [-0.2, 0) is 14.3 Å². The van der Waals surface area contributed by atoms with Crippen LogP contribution in [-0.4, -0.2) is 107 Å². The number of thiazole rings is 1. The van der Waals surface area contributed by atoms with Gasteiger partial charge in [-0.15, -0.1) is 11.3 Å². The highest BCUT2D eigenvalue weighted by Gasteiger charge is 2.41. The largest absolute Gasteiger partial charge is 0.444 e. The standard InChI is InChI=1S/C40H57N7O5S/c1-26(2)35(38(49)47-17-9-11-32(47)37(48)42-27(3)30-12-14-31(15-13-30)36-28(4)41-25-53-36)33-22-34(43-52-33)45-20-18-44(19-21-45)23-29-10-8-16-46(24-29)39(50)51-40(5,6)7/h12-15,22,25-27,29,32,35H,8-11,16-21,23-24H2,1-7H3,(H,42,48)/t27-,29-,32-,35+/m0/s1. The fourth-order valence-corrected chi connectivity index (χ4v) is 8.73. The molecule has 13 heteroatoms. The maximum absolute atomic E-state index is 14.2. The molecule has 6 rings (SSSR count). The van der Waals surface area contributed by atoms with Gasteiger partial charge in [-0.1, -0.05) is 43.3 Å². The second kappa shape index (κ2) is 16.6. The number of likely N-dealkylation sites (tertiary alicyclic amines) is 2. The molecule has 12 nitrogen and oxygen atoms in total. The van der Waals surface area contributed by atoms with Crippen LogP contribution in [0.4, 0.5) is 10.6 Å². The van der Waals surface area contributed by atoms with Gasteiger partial charge in [0.25, 0.3) is 0 Å². The molecule has 3 aliphatic heterocycles. The summed E-state index contributed by atoms with van der Waals surface area (Å²) in [7, 11) is 0. The molecule has 0 saturated carbocycles. The van der Waals surface area contributed by atoms with Gasteiger partial charge in [0.05, 0.1) is 22.1 Å². The number of ether oxygens (including phenoxy) is 1. The van der Waals surface area contributed by atoms with E-state index in [2.05, 4.69) is 37.4 Å². The number of aryl methyl sites for hydroxylation is 1. The Labute approximate surface area is 318 Å². The van der Waals surface area contributed by atoms with Crippen molar-refractivity contribution in [3.63, 3.8) is 0 Å². The minimum absolute atomic E-state index is 0.0418. The van der Waals surface area contributed by atoms with Crippen molar-refractivity contribution in [1.29, 1.82) is 0 Å². The Morgan fingerprint density at radius 2 is 1.72 bits per heavy atom. The quantitative estimate of drug-likeness (QED) is 0.248. The summed E-state index contributed by atoms with van der Waals surface area (Å²) < 4.78 is 11.5. The van der Waals surface area contributed by atoms with Crippen molar-refractivity contribution >= 4 is 35.1 Å². The van der Waals surface area contributed by atoms with Crippen molar-refractivity contribution in [3.8, 4) is 10.4 Å². The second-order valence-electron chi connectivity index (χ2n) is 16.3. The molecule has 4 atom stereocenters. The van der Waals surface area contributed by atoms with Crippen LogP contribution < -0.4 is 10.2 Å². The van der Waals surface area contributed by atoms with Crippen LogP contribution in [0.3, 0.4) is 0 Å².